The lowest BCUT2D eigenvalue weighted by Crippen LogP contribution is -2.50. The summed E-state index contributed by atoms with van der Waals surface area (Å²) < 4.78 is 34.6. The number of carbonyl (C=O) groups excluding carboxylic acids is 2. The molecule has 0 unspecified atom stereocenters. The van der Waals surface area contributed by atoms with Gasteiger partial charge in [0.1, 0.15) is 6.10 Å². The molecular formula is C30H41N3O6S. The molecule has 218 valence electrons. The SMILES string of the molecule is Cc1ccc(S(=O)(=O)N(C)C[C@H]2Oc3c(NC(=O)C4CCCCC4)cccc3C(=O)N([C@@H](C)CO)C[C@@H]2C)cc1. The first-order valence-corrected chi connectivity index (χ1v) is 15.5. The van der Waals surface area contributed by atoms with Gasteiger partial charge in [0.15, 0.2) is 5.75 Å². The molecule has 1 saturated carbocycles. The molecule has 1 heterocycles. The van der Waals surface area contributed by atoms with E-state index < -0.39 is 22.2 Å². The molecule has 10 heteroatoms. The number of rotatable bonds is 8. The summed E-state index contributed by atoms with van der Waals surface area (Å²) in [6, 6.07) is 11.3. The summed E-state index contributed by atoms with van der Waals surface area (Å²) in [4.78, 5) is 28.6. The Balaban J connectivity index is 1.69. The van der Waals surface area contributed by atoms with Gasteiger partial charge in [0.2, 0.25) is 15.9 Å². The predicted octanol–water partition coefficient (Wildman–Crippen LogP) is 4.05. The van der Waals surface area contributed by atoms with Crippen molar-refractivity contribution in [3.8, 4) is 5.75 Å². The second-order valence-electron chi connectivity index (χ2n) is 11.2. The molecule has 0 radical (unpaired) electrons. The molecule has 2 aliphatic rings. The van der Waals surface area contributed by atoms with E-state index in [2.05, 4.69) is 5.32 Å². The fourth-order valence-corrected chi connectivity index (χ4v) is 6.58. The lowest BCUT2D eigenvalue weighted by atomic mass is 9.88. The number of nitrogens with zero attached hydrogens (tertiary/aromatic N) is 2. The molecule has 2 aromatic carbocycles. The smallest absolute Gasteiger partial charge is 0.258 e. The zero-order chi connectivity index (χ0) is 29.0. The molecule has 1 aliphatic carbocycles. The van der Waals surface area contributed by atoms with Crippen LogP contribution < -0.4 is 10.1 Å². The highest BCUT2D eigenvalue weighted by molar-refractivity contribution is 7.89. The van der Waals surface area contributed by atoms with E-state index >= 15 is 0 Å². The molecule has 3 atom stereocenters. The van der Waals surface area contributed by atoms with Crippen molar-refractivity contribution in [3.05, 3.63) is 53.6 Å². The van der Waals surface area contributed by atoms with Crippen LogP contribution in [-0.4, -0.2) is 73.4 Å². The van der Waals surface area contributed by atoms with E-state index in [0.29, 0.717) is 5.69 Å². The number of benzene rings is 2. The average Bonchev–Trinajstić information content (AvgIpc) is 2.95. The van der Waals surface area contributed by atoms with Crippen LogP contribution in [0.1, 0.15) is 61.9 Å². The van der Waals surface area contributed by atoms with Crippen molar-refractivity contribution in [2.45, 2.75) is 69.9 Å². The van der Waals surface area contributed by atoms with Gasteiger partial charge in [-0.25, -0.2) is 8.42 Å². The molecular weight excluding hydrogens is 530 g/mol. The molecule has 1 fully saturated rings. The van der Waals surface area contributed by atoms with Crippen molar-refractivity contribution in [2.75, 3.05) is 32.1 Å². The Morgan fingerprint density at radius 3 is 2.48 bits per heavy atom. The third kappa shape index (κ3) is 6.50. The van der Waals surface area contributed by atoms with Crippen LogP contribution in [0.2, 0.25) is 0 Å². The first-order valence-electron chi connectivity index (χ1n) is 14.1. The first-order chi connectivity index (χ1) is 19.0. The predicted molar refractivity (Wildman–Crippen MR) is 154 cm³/mol. The van der Waals surface area contributed by atoms with Crippen molar-refractivity contribution in [3.63, 3.8) is 0 Å². The Bertz CT molecular complexity index is 1310. The van der Waals surface area contributed by atoms with Crippen LogP contribution in [0, 0.1) is 18.8 Å². The normalized spacial score (nSPS) is 21.2. The monoisotopic (exact) mass is 571 g/mol. The Labute approximate surface area is 237 Å². The maximum absolute atomic E-state index is 13.7. The molecule has 9 nitrogen and oxygen atoms in total. The van der Waals surface area contributed by atoms with E-state index in [9.17, 15) is 23.1 Å². The summed E-state index contributed by atoms with van der Waals surface area (Å²) in [7, 11) is -2.29. The standard InChI is InChI=1S/C30H41N3O6S/c1-20-13-15-24(16-14-20)40(37,38)32(4)18-27-21(2)17-33(22(3)19-34)30(36)25-11-8-12-26(28(25)39-27)31-29(35)23-9-6-5-7-10-23/h8,11-16,21-23,27,34H,5-7,9-10,17-19H2,1-4H3,(H,31,35)/t21-,22-,27+/m0/s1. The first kappa shape index (κ1) is 30.0. The quantitative estimate of drug-likeness (QED) is 0.494. The minimum atomic E-state index is -3.80. The van der Waals surface area contributed by atoms with Gasteiger partial charge in [0.25, 0.3) is 5.91 Å². The van der Waals surface area contributed by atoms with E-state index in [1.54, 1.807) is 54.3 Å². The van der Waals surface area contributed by atoms with Gasteiger partial charge in [-0.3, -0.25) is 9.59 Å². The minimum Gasteiger partial charge on any atom is -0.486 e. The van der Waals surface area contributed by atoms with E-state index in [1.165, 1.54) is 11.4 Å². The number of likely N-dealkylation sites (N-methyl/N-ethyl adjacent to an activating group) is 1. The Morgan fingerprint density at radius 2 is 1.82 bits per heavy atom. The topological polar surface area (TPSA) is 116 Å². The van der Waals surface area contributed by atoms with E-state index in [-0.39, 0.29) is 59.6 Å². The number of aryl methyl sites for hydroxylation is 1. The average molecular weight is 572 g/mol. The second kappa shape index (κ2) is 12.7. The van der Waals surface area contributed by atoms with Crippen molar-refractivity contribution < 1.29 is 27.9 Å². The molecule has 0 saturated heterocycles. The van der Waals surface area contributed by atoms with Crippen LogP contribution in [0.5, 0.6) is 5.75 Å². The van der Waals surface area contributed by atoms with Crippen LogP contribution in [-0.2, 0) is 14.8 Å². The maximum atomic E-state index is 13.7. The van der Waals surface area contributed by atoms with Gasteiger partial charge in [-0.05, 0) is 51.0 Å². The molecule has 2 N–H and O–H groups in total. The molecule has 0 spiro atoms. The zero-order valence-corrected chi connectivity index (χ0v) is 24.6. The van der Waals surface area contributed by atoms with Gasteiger partial charge >= 0.3 is 0 Å². The van der Waals surface area contributed by atoms with Crippen LogP contribution in [0.4, 0.5) is 5.69 Å². The van der Waals surface area contributed by atoms with Crippen LogP contribution >= 0.6 is 0 Å². The van der Waals surface area contributed by atoms with Crippen molar-refractivity contribution in [2.24, 2.45) is 11.8 Å². The van der Waals surface area contributed by atoms with Gasteiger partial charge in [-0.2, -0.15) is 4.31 Å². The molecule has 40 heavy (non-hydrogen) atoms. The Kier molecular flexibility index (Phi) is 9.53. The number of aliphatic hydroxyl groups excluding tert-OH is 1. The number of hydrogen-bond acceptors (Lipinski definition) is 6. The van der Waals surface area contributed by atoms with Gasteiger partial charge in [-0.1, -0.05) is 49.9 Å². The highest BCUT2D eigenvalue weighted by atomic mass is 32.2. The van der Waals surface area contributed by atoms with E-state index in [1.807, 2.05) is 13.8 Å². The third-order valence-corrected chi connectivity index (χ3v) is 9.93. The van der Waals surface area contributed by atoms with Gasteiger partial charge in [-0.15, -0.1) is 0 Å². The summed E-state index contributed by atoms with van der Waals surface area (Å²) in [6.45, 7) is 5.63. The summed E-state index contributed by atoms with van der Waals surface area (Å²) in [5, 5.41) is 12.9. The number of fused-ring (bicyclic) bond motifs is 1. The fraction of sp³-hybridized carbons (Fsp3) is 0.533. The second-order valence-corrected chi connectivity index (χ2v) is 13.3. The molecule has 1 aliphatic heterocycles. The number of para-hydroxylation sites is 1. The highest BCUT2D eigenvalue weighted by Gasteiger charge is 2.36. The van der Waals surface area contributed by atoms with Crippen LogP contribution in [0.25, 0.3) is 0 Å². The van der Waals surface area contributed by atoms with Gasteiger partial charge < -0.3 is 20.1 Å². The number of hydrogen-bond donors (Lipinski definition) is 2. The fourth-order valence-electron chi connectivity index (χ4n) is 5.40. The largest absolute Gasteiger partial charge is 0.486 e. The lowest BCUT2D eigenvalue weighted by Gasteiger charge is -2.38. The maximum Gasteiger partial charge on any atom is 0.258 e. The minimum absolute atomic E-state index is 0.0251. The number of nitrogens with one attached hydrogen (secondary N) is 1. The van der Waals surface area contributed by atoms with Crippen molar-refractivity contribution >= 4 is 27.5 Å². The number of ether oxygens (including phenoxy) is 1. The summed E-state index contributed by atoms with van der Waals surface area (Å²) in [5.41, 5.74) is 1.62. The summed E-state index contributed by atoms with van der Waals surface area (Å²) in [5.74, 6) is -0.569. The number of amides is 2. The third-order valence-electron chi connectivity index (χ3n) is 8.09. The number of sulfonamides is 1. The summed E-state index contributed by atoms with van der Waals surface area (Å²) >= 11 is 0. The van der Waals surface area contributed by atoms with Crippen molar-refractivity contribution in [1.82, 2.24) is 9.21 Å². The van der Waals surface area contributed by atoms with Crippen LogP contribution in [0.3, 0.4) is 0 Å². The van der Waals surface area contributed by atoms with Gasteiger partial charge in [0.05, 0.1) is 35.3 Å². The number of aliphatic hydroxyl groups is 1. The number of anilines is 1. The molecule has 0 aromatic heterocycles. The van der Waals surface area contributed by atoms with E-state index in [4.69, 9.17) is 4.74 Å². The Morgan fingerprint density at radius 1 is 1.15 bits per heavy atom. The van der Waals surface area contributed by atoms with Gasteiger partial charge in [0, 0.05) is 25.4 Å². The van der Waals surface area contributed by atoms with Crippen molar-refractivity contribution in [1.29, 1.82) is 0 Å². The highest BCUT2D eigenvalue weighted by Crippen LogP contribution is 2.36. The Hall–Kier alpha value is -2.95. The number of carbonyl (C=O) groups is 2. The lowest BCUT2D eigenvalue weighted by molar-refractivity contribution is -0.120. The molecule has 4 rings (SSSR count). The molecule has 2 aromatic rings. The van der Waals surface area contributed by atoms with Crippen LogP contribution in [0.15, 0.2) is 47.4 Å². The molecule has 2 amide bonds. The zero-order valence-electron chi connectivity index (χ0n) is 23.8. The molecule has 0 bridgehead atoms. The van der Waals surface area contributed by atoms with E-state index in [0.717, 1.165) is 37.7 Å². The summed E-state index contributed by atoms with van der Waals surface area (Å²) in [6.07, 6.45) is 4.15.